The Hall–Kier alpha value is -2.07. The summed E-state index contributed by atoms with van der Waals surface area (Å²) in [5, 5.41) is 6.93. The SMILES string of the molecule is CN=C(NCC(c1cccc(F)c1)N(C)C)NC1CCN(c2ccccc2OC)C1.I. The molecule has 0 aliphatic carbocycles. The van der Waals surface area contributed by atoms with Crippen molar-refractivity contribution in [3.05, 3.63) is 59.9 Å². The third-order valence-electron chi connectivity index (χ3n) is 5.50. The molecule has 1 saturated heterocycles. The van der Waals surface area contributed by atoms with Gasteiger partial charge in [0.05, 0.1) is 18.8 Å². The number of benzene rings is 2. The van der Waals surface area contributed by atoms with Crippen LogP contribution in [0.2, 0.25) is 0 Å². The fraction of sp³-hybridized carbons (Fsp3) is 0.435. The Bertz CT molecular complexity index is 863. The van der Waals surface area contributed by atoms with Crippen molar-refractivity contribution in [2.75, 3.05) is 52.8 Å². The van der Waals surface area contributed by atoms with Crippen LogP contribution in [0.4, 0.5) is 10.1 Å². The van der Waals surface area contributed by atoms with Crippen molar-refractivity contribution in [2.45, 2.75) is 18.5 Å². The van der Waals surface area contributed by atoms with Crippen LogP contribution in [0.25, 0.3) is 0 Å². The molecule has 1 fully saturated rings. The number of aliphatic imine (C=N–C) groups is 1. The number of methoxy groups -OCH3 is 1. The van der Waals surface area contributed by atoms with E-state index in [0.29, 0.717) is 6.54 Å². The quantitative estimate of drug-likeness (QED) is 0.320. The van der Waals surface area contributed by atoms with E-state index >= 15 is 0 Å². The van der Waals surface area contributed by atoms with Gasteiger partial charge in [-0.25, -0.2) is 4.39 Å². The molecule has 6 nitrogen and oxygen atoms in total. The molecule has 2 atom stereocenters. The molecule has 2 N–H and O–H groups in total. The molecule has 1 heterocycles. The summed E-state index contributed by atoms with van der Waals surface area (Å²) in [6.45, 7) is 2.46. The number of guanidine groups is 1. The molecule has 3 rings (SSSR count). The maximum atomic E-state index is 13.7. The number of likely N-dealkylation sites (N-methyl/N-ethyl adjacent to an activating group) is 1. The first-order valence-corrected chi connectivity index (χ1v) is 10.3. The van der Waals surface area contributed by atoms with Crippen LogP contribution in [0.15, 0.2) is 53.5 Å². The van der Waals surface area contributed by atoms with E-state index in [9.17, 15) is 4.39 Å². The second-order valence-corrected chi connectivity index (χ2v) is 7.74. The zero-order valence-electron chi connectivity index (χ0n) is 18.6. The normalized spacial score (nSPS) is 17.3. The number of anilines is 1. The van der Waals surface area contributed by atoms with Gasteiger partial charge in [-0.15, -0.1) is 24.0 Å². The topological polar surface area (TPSA) is 52.1 Å². The summed E-state index contributed by atoms with van der Waals surface area (Å²) in [7, 11) is 7.47. The summed E-state index contributed by atoms with van der Waals surface area (Å²) in [6, 6.07) is 15.2. The van der Waals surface area contributed by atoms with Crippen LogP contribution in [0.5, 0.6) is 5.75 Å². The summed E-state index contributed by atoms with van der Waals surface area (Å²) in [6.07, 6.45) is 1.01. The highest BCUT2D eigenvalue weighted by molar-refractivity contribution is 14.0. The molecular weight excluding hydrogens is 508 g/mol. The monoisotopic (exact) mass is 541 g/mol. The van der Waals surface area contributed by atoms with E-state index in [1.807, 2.05) is 38.4 Å². The van der Waals surface area contributed by atoms with Gasteiger partial charge in [0, 0.05) is 32.7 Å². The molecule has 1 aliphatic heterocycles. The minimum Gasteiger partial charge on any atom is -0.495 e. The average molecular weight is 541 g/mol. The third-order valence-corrected chi connectivity index (χ3v) is 5.50. The first-order valence-electron chi connectivity index (χ1n) is 10.3. The molecule has 2 aromatic rings. The minimum atomic E-state index is -0.218. The Kier molecular flexibility index (Phi) is 9.83. The number of hydrogen-bond donors (Lipinski definition) is 2. The minimum absolute atomic E-state index is 0. The second kappa shape index (κ2) is 12.1. The van der Waals surface area contributed by atoms with Crippen molar-refractivity contribution in [3.63, 3.8) is 0 Å². The molecule has 2 unspecified atom stereocenters. The van der Waals surface area contributed by atoms with Gasteiger partial charge in [-0.2, -0.15) is 0 Å². The third kappa shape index (κ3) is 6.70. The Morgan fingerprint density at radius 3 is 2.71 bits per heavy atom. The van der Waals surface area contributed by atoms with E-state index in [4.69, 9.17) is 4.74 Å². The molecule has 1 aliphatic rings. The summed E-state index contributed by atoms with van der Waals surface area (Å²) < 4.78 is 19.2. The highest BCUT2D eigenvalue weighted by Gasteiger charge is 2.25. The van der Waals surface area contributed by atoms with Gasteiger partial charge >= 0.3 is 0 Å². The van der Waals surface area contributed by atoms with E-state index in [-0.39, 0.29) is 41.9 Å². The van der Waals surface area contributed by atoms with E-state index < -0.39 is 0 Å². The number of halogens is 2. The highest BCUT2D eigenvalue weighted by Crippen LogP contribution is 2.30. The molecule has 31 heavy (non-hydrogen) atoms. The molecule has 170 valence electrons. The molecule has 0 aromatic heterocycles. The summed E-state index contributed by atoms with van der Waals surface area (Å²) >= 11 is 0. The molecule has 0 saturated carbocycles. The zero-order chi connectivity index (χ0) is 21.5. The molecule has 2 aromatic carbocycles. The van der Waals surface area contributed by atoms with Gasteiger partial charge in [0.2, 0.25) is 0 Å². The van der Waals surface area contributed by atoms with E-state index in [1.165, 1.54) is 6.07 Å². The van der Waals surface area contributed by atoms with Crippen LogP contribution in [-0.4, -0.2) is 64.8 Å². The van der Waals surface area contributed by atoms with Crippen LogP contribution >= 0.6 is 24.0 Å². The maximum Gasteiger partial charge on any atom is 0.191 e. The van der Waals surface area contributed by atoms with Gasteiger partial charge in [-0.05, 0) is 50.3 Å². The van der Waals surface area contributed by atoms with Crippen molar-refractivity contribution < 1.29 is 9.13 Å². The number of hydrogen-bond acceptors (Lipinski definition) is 4. The van der Waals surface area contributed by atoms with Gasteiger partial charge in [-0.1, -0.05) is 24.3 Å². The van der Waals surface area contributed by atoms with Crippen molar-refractivity contribution in [3.8, 4) is 5.75 Å². The number of rotatable bonds is 7. The smallest absolute Gasteiger partial charge is 0.191 e. The van der Waals surface area contributed by atoms with Crippen LogP contribution in [0.1, 0.15) is 18.0 Å². The lowest BCUT2D eigenvalue weighted by molar-refractivity contribution is 0.297. The predicted octanol–water partition coefficient (Wildman–Crippen LogP) is 3.50. The summed E-state index contributed by atoms with van der Waals surface area (Å²) in [5.74, 6) is 1.43. The van der Waals surface area contributed by atoms with Gasteiger partial charge in [0.1, 0.15) is 11.6 Å². The fourth-order valence-electron chi connectivity index (χ4n) is 3.88. The highest BCUT2D eigenvalue weighted by atomic mass is 127. The average Bonchev–Trinajstić information content (AvgIpc) is 3.21. The number of nitrogens with zero attached hydrogens (tertiary/aromatic N) is 3. The van der Waals surface area contributed by atoms with Gasteiger partial charge in [0.25, 0.3) is 0 Å². The molecular formula is C23H33FIN5O. The lowest BCUT2D eigenvalue weighted by atomic mass is 10.1. The molecule has 0 spiro atoms. The molecule has 0 amide bonds. The number of ether oxygens (including phenoxy) is 1. The van der Waals surface area contributed by atoms with Crippen LogP contribution in [0.3, 0.4) is 0 Å². The number of para-hydroxylation sites is 2. The van der Waals surface area contributed by atoms with E-state index in [2.05, 4.69) is 31.5 Å². The summed E-state index contributed by atoms with van der Waals surface area (Å²) in [5.41, 5.74) is 2.05. The summed E-state index contributed by atoms with van der Waals surface area (Å²) in [4.78, 5) is 8.79. The first kappa shape index (κ1) is 25.2. The fourth-order valence-corrected chi connectivity index (χ4v) is 3.88. The molecule has 0 radical (unpaired) electrons. The predicted molar refractivity (Wildman–Crippen MR) is 136 cm³/mol. The van der Waals surface area contributed by atoms with Crippen molar-refractivity contribution >= 4 is 35.6 Å². The van der Waals surface area contributed by atoms with Crippen molar-refractivity contribution in [2.24, 2.45) is 4.99 Å². The Morgan fingerprint density at radius 1 is 1.26 bits per heavy atom. The number of nitrogens with one attached hydrogen (secondary N) is 2. The lowest BCUT2D eigenvalue weighted by Gasteiger charge is -2.27. The molecule has 0 bridgehead atoms. The van der Waals surface area contributed by atoms with Crippen LogP contribution in [-0.2, 0) is 0 Å². The van der Waals surface area contributed by atoms with E-state index in [1.54, 1.807) is 26.3 Å². The standard InChI is InChI=1S/C23H32FN5O.HI/c1-25-23(26-15-21(28(2)3)17-8-7-9-18(24)14-17)27-19-12-13-29(16-19)20-10-5-6-11-22(20)30-4;/h5-11,14,19,21H,12-13,15-16H2,1-4H3,(H2,25,26,27);1H. The molecule has 8 heteroatoms. The maximum absolute atomic E-state index is 13.7. The Balaban J connectivity index is 0.00000341. The Morgan fingerprint density at radius 2 is 2.03 bits per heavy atom. The van der Waals surface area contributed by atoms with Gasteiger partial charge < -0.3 is 25.2 Å². The second-order valence-electron chi connectivity index (χ2n) is 7.74. The largest absolute Gasteiger partial charge is 0.495 e. The van der Waals surface area contributed by atoms with Crippen LogP contribution in [0, 0.1) is 5.82 Å². The lowest BCUT2D eigenvalue weighted by Crippen LogP contribution is -2.46. The van der Waals surface area contributed by atoms with E-state index in [0.717, 1.165) is 42.5 Å². The van der Waals surface area contributed by atoms with Crippen molar-refractivity contribution in [1.82, 2.24) is 15.5 Å². The van der Waals surface area contributed by atoms with Crippen LogP contribution < -0.4 is 20.3 Å². The van der Waals surface area contributed by atoms with Gasteiger partial charge in [0.15, 0.2) is 5.96 Å². The zero-order valence-corrected chi connectivity index (χ0v) is 21.0. The Labute approximate surface area is 201 Å². The van der Waals surface area contributed by atoms with Gasteiger partial charge in [-0.3, -0.25) is 4.99 Å². The first-order chi connectivity index (χ1) is 14.5. The van der Waals surface area contributed by atoms with Crippen molar-refractivity contribution in [1.29, 1.82) is 0 Å².